The van der Waals surface area contributed by atoms with Crippen molar-refractivity contribution >= 4 is 40.0 Å². The van der Waals surface area contributed by atoms with E-state index in [0.717, 1.165) is 0 Å². The number of benzene rings is 1. The molecule has 6 heteroatoms. The van der Waals surface area contributed by atoms with Crippen LogP contribution >= 0.6 is 11.6 Å². The Morgan fingerprint density at radius 3 is 2.94 bits per heavy atom. The molecule has 2 aromatic rings. The first kappa shape index (κ1) is 12.3. The average Bonchev–Trinajstić information content (AvgIpc) is 2.38. The largest absolute Gasteiger partial charge is 0.478 e. The third-order valence-electron chi connectivity index (χ3n) is 2.35. The van der Waals surface area contributed by atoms with Crippen LogP contribution in [0.15, 0.2) is 35.5 Å². The maximum Gasteiger partial charge on any atom is 0.337 e. The van der Waals surface area contributed by atoms with Gasteiger partial charge in [0.15, 0.2) is 0 Å². The van der Waals surface area contributed by atoms with Crippen molar-refractivity contribution < 1.29 is 9.90 Å². The zero-order chi connectivity index (χ0) is 13.1. The van der Waals surface area contributed by atoms with Gasteiger partial charge in [-0.25, -0.2) is 9.79 Å². The van der Waals surface area contributed by atoms with Gasteiger partial charge in [0, 0.05) is 11.6 Å². The van der Waals surface area contributed by atoms with E-state index >= 15 is 0 Å². The summed E-state index contributed by atoms with van der Waals surface area (Å²) in [5.74, 6) is -0.652. The van der Waals surface area contributed by atoms with Crippen molar-refractivity contribution in [3.8, 4) is 0 Å². The number of hydrogen-bond acceptors (Lipinski definition) is 3. The van der Waals surface area contributed by atoms with Gasteiger partial charge in [0.25, 0.3) is 0 Å². The van der Waals surface area contributed by atoms with Crippen molar-refractivity contribution in [1.29, 1.82) is 0 Å². The van der Waals surface area contributed by atoms with Crippen LogP contribution in [0.3, 0.4) is 0 Å². The SMILES string of the molecule is NC(CCl)=Nc1cccc2ncc(C(=O)O)cc12. The van der Waals surface area contributed by atoms with E-state index in [1.165, 1.54) is 12.3 Å². The molecule has 3 N–H and O–H groups in total. The molecular formula is C12H10ClN3O2. The standard InChI is InChI=1S/C12H10ClN3O2/c13-5-11(14)16-10-3-1-2-9-8(10)4-7(6-15-9)12(17)18/h1-4,6H,5H2,(H2,14,16)(H,17,18). The summed E-state index contributed by atoms with van der Waals surface area (Å²) in [7, 11) is 0. The number of nitrogens with two attached hydrogens (primary N) is 1. The van der Waals surface area contributed by atoms with Gasteiger partial charge in [-0.3, -0.25) is 4.98 Å². The average molecular weight is 264 g/mol. The number of aliphatic imine (C=N–C) groups is 1. The van der Waals surface area contributed by atoms with E-state index in [-0.39, 0.29) is 17.3 Å². The van der Waals surface area contributed by atoms with Crippen LogP contribution in [0, 0.1) is 0 Å². The second-order valence-electron chi connectivity index (χ2n) is 3.61. The quantitative estimate of drug-likeness (QED) is 0.504. The molecule has 1 aromatic heterocycles. The summed E-state index contributed by atoms with van der Waals surface area (Å²) in [6.45, 7) is 0. The lowest BCUT2D eigenvalue weighted by molar-refractivity contribution is 0.0696. The second kappa shape index (κ2) is 5.01. The lowest BCUT2D eigenvalue weighted by Gasteiger charge is -2.03. The maximum absolute atomic E-state index is 10.9. The number of aromatic carboxylic acids is 1. The first-order valence-electron chi connectivity index (χ1n) is 5.13. The van der Waals surface area contributed by atoms with Crippen LogP contribution in [0.4, 0.5) is 5.69 Å². The molecule has 5 nitrogen and oxygen atoms in total. The molecular weight excluding hydrogens is 254 g/mol. The molecule has 0 aliphatic carbocycles. The minimum absolute atomic E-state index is 0.106. The number of halogens is 1. The third-order valence-corrected chi connectivity index (χ3v) is 2.62. The smallest absolute Gasteiger partial charge is 0.337 e. The second-order valence-corrected chi connectivity index (χ2v) is 3.88. The van der Waals surface area contributed by atoms with Gasteiger partial charge in [-0.15, -0.1) is 11.6 Å². The summed E-state index contributed by atoms with van der Waals surface area (Å²) in [5.41, 5.74) is 6.89. The topological polar surface area (TPSA) is 88.6 Å². The van der Waals surface area contributed by atoms with Gasteiger partial charge in [-0.05, 0) is 18.2 Å². The highest BCUT2D eigenvalue weighted by Gasteiger charge is 2.07. The van der Waals surface area contributed by atoms with E-state index in [4.69, 9.17) is 22.4 Å². The molecule has 0 aliphatic heterocycles. The Hall–Kier alpha value is -2.14. The number of nitrogens with zero attached hydrogens (tertiary/aromatic N) is 2. The van der Waals surface area contributed by atoms with Crippen LogP contribution < -0.4 is 5.73 Å². The summed E-state index contributed by atoms with van der Waals surface area (Å²) in [6, 6.07) is 6.80. The zero-order valence-corrected chi connectivity index (χ0v) is 10.1. The van der Waals surface area contributed by atoms with Crippen molar-refractivity contribution in [2.75, 3.05) is 5.88 Å². The van der Waals surface area contributed by atoms with E-state index in [1.54, 1.807) is 18.2 Å². The fourth-order valence-corrected chi connectivity index (χ4v) is 1.59. The van der Waals surface area contributed by atoms with Gasteiger partial charge in [-0.2, -0.15) is 0 Å². The van der Waals surface area contributed by atoms with Crippen LogP contribution in [0.25, 0.3) is 10.9 Å². The van der Waals surface area contributed by atoms with Crippen molar-refractivity contribution in [2.45, 2.75) is 0 Å². The Morgan fingerprint density at radius 1 is 1.50 bits per heavy atom. The number of fused-ring (bicyclic) bond motifs is 1. The molecule has 92 valence electrons. The molecule has 0 bridgehead atoms. The Balaban J connectivity index is 2.66. The molecule has 1 heterocycles. The summed E-state index contributed by atoms with van der Waals surface area (Å²) >= 11 is 5.57. The Morgan fingerprint density at radius 2 is 2.28 bits per heavy atom. The number of rotatable bonds is 3. The summed E-state index contributed by atoms with van der Waals surface area (Å²) in [6.07, 6.45) is 1.31. The zero-order valence-electron chi connectivity index (χ0n) is 9.30. The molecule has 1 aromatic carbocycles. The Labute approximate surface area is 108 Å². The molecule has 0 aliphatic rings. The Kier molecular flexibility index (Phi) is 3.43. The van der Waals surface area contributed by atoms with Gasteiger partial charge >= 0.3 is 5.97 Å². The molecule has 0 fully saturated rings. The third kappa shape index (κ3) is 2.41. The van der Waals surface area contributed by atoms with Gasteiger partial charge < -0.3 is 10.8 Å². The lowest BCUT2D eigenvalue weighted by atomic mass is 10.1. The van der Waals surface area contributed by atoms with E-state index in [9.17, 15) is 4.79 Å². The number of carboxylic acid groups (broad SMARTS) is 1. The normalized spacial score (nSPS) is 11.7. The summed E-state index contributed by atoms with van der Waals surface area (Å²) in [4.78, 5) is 19.1. The van der Waals surface area contributed by atoms with E-state index in [0.29, 0.717) is 16.6 Å². The number of hydrogen-bond donors (Lipinski definition) is 2. The fourth-order valence-electron chi connectivity index (χ4n) is 1.53. The van der Waals surface area contributed by atoms with Gasteiger partial charge in [0.2, 0.25) is 0 Å². The van der Waals surface area contributed by atoms with Gasteiger partial charge in [-0.1, -0.05) is 6.07 Å². The highest BCUT2D eigenvalue weighted by Crippen LogP contribution is 2.25. The molecule has 0 saturated heterocycles. The molecule has 0 spiro atoms. The molecule has 18 heavy (non-hydrogen) atoms. The van der Waals surface area contributed by atoms with Crippen molar-refractivity contribution in [1.82, 2.24) is 4.98 Å². The highest BCUT2D eigenvalue weighted by atomic mass is 35.5. The summed E-state index contributed by atoms with van der Waals surface area (Å²) in [5, 5.41) is 9.57. The minimum Gasteiger partial charge on any atom is -0.478 e. The van der Waals surface area contributed by atoms with Crippen LogP contribution in [0.2, 0.25) is 0 Å². The first-order chi connectivity index (χ1) is 8.61. The lowest BCUT2D eigenvalue weighted by Crippen LogP contribution is -2.12. The highest BCUT2D eigenvalue weighted by molar-refractivity contribution is 6.28. The summed E-state index contributed by atoms with van der Waals surface area (Å²) < 4.78 is 0. The number of amidine groups is 1. The van der Waals surface area contributed by atoms with Crippen LogP contribution in [0.1, 0.15) is 10.4 Å². The first-order valence-corrected chi connectivity index (χ1v) is 5.66. The van der Waals surface area contributed by atoms with Crippen LogP contribution in [-0.2, 0) is 0 Å². The molecule has 2 rings (SSSR count). The molecule has 0 amide bonds. The molecule has 0 atom stereocenters. The number of carboxylic acids is 1. The maximum atomic E-state index is 10.9. The molecule has 0 unspecified atom stereocenters. The van der Waals surface area contributed by atoms with E-state index in [1.807, 2.05) is 0 Å². The van der Waals surface area contributed by atoms with Gasteiger partial charge in [0.05, 0.1) is 22.6 Å². The number of aromatic nitrogens is 1. The van der Waals surface area contributed by atoms with Crippen LogP contribution in [-0.4, -0.2) is 27.8 Å². The predicted octanol–water partition coefficient (Wildman–Crippen LogP) is 2.16. The number of carbonyl (C=O) groups is 1. The van der Waals surface area contributed by atoms with Crippen LogP contribution in [0.5, 0.6) is 0 Å². The Bertz CT molecular complexity index is 640. The molecule has 0 saturated carbocycles. The van der Waals surface area contributed by atoms with E-state index in [2.05, 4.69) is 9.98 Å². The monoisotopic (exact) mass is 263 g/mol. The van der Waals surface area contributed by atoms with Gasteiger partial charge in [0.1, 0.15) is 5.84 Å². The minimum atomic E-state index is -1.03. The van der Waals surface area contributed by atoms with Crippen molar-refractivity contribution in [2.24, 2.45) is 10.7 Å². The number of alkyl halides is 1. The fraction of sp³-hybridized carbons (Fsp3) is 0.0833. The predicted molar refractivity (Wildman–Crippen MR) is 70.7 cm³/mol. The number of pyridine rings is 1. The van der Waals surface area contributed by atoms with E-state index < -0.39 is 5.97 Å². The molecule has 0 radical (unpaired) electrons. The van der Waals surface area contributed by atoms with Crippen molar-refractivity contribution in [3.63, 3.8) is 0 Å². The van der Waals surface area contributed by atoms with Crippen molar-refractivity contribution in [3.05, 3.63) is 36.0 Å².